The standard InChI is InChI=1S/C29H30N2O6/c1-17(2)37-21-9-10-22(18(3)13-21)27(32)25-26(20-8-11-23(35-4)24(14-20)36-5)31(29(34)28(25)33)16-19-7-6-12-30-15-19/h6-15,17,26,32H,16H2,1-5H3/t26-/m0/s1. The van der Waals surface area contributed by atoms with Crippen LogP contribution in [0.5, 0.6) is 17.2 Å². The highest BCUT2D eigenvalue weighted by Gasteiger charge is 2.46. The van der Waals surface area contributed by atoms with Gasteiger partial charge in [-0.3, -0.25) is 14.6 Å². The SMILES string of the molecule is COc1ccc([C@H]2C(=C(O)c3ccc(OC(C)C)cc3C)C(=O)C(=O)N2Cc2cccnc2)cc1OC. The molecule has 1 N–H and O–H groups in total. The van der Waals surface area contributed by atoms with Crippen LogP contribution in [0.4, 0.5) is 0 Å². The molecule has 1 atom stereocenters. The summed E-state index contributed by atoms with van der Waals surface area (Å²) < 4.78 is 16.6. The highest BCUT2D eigenvalue weighted by Crippen LogP contribution is 2.43. The number of Topliss-reactive ketones (excluding diaryl/α,β-unsaturated/α-hetero) is 1. The number of hydrogen-bond donors (Lipinski definition) is 1. The first-order valence-electron chi connectivity index (χ1n) is 11.9. The first kappa shape index (κ1) is 25.8. The number of aliphatic hydroxyl groups excluding tert-OH is 1. The van der Waals surface area contributed by atoms with Crippen molar-refractivity contribution in [1.82, 2.24) is 9.88 Å². The number of amides is 1. The summed E-state index contributed by atoms with van der Waals surface area (Å²) >= 11 is 0. The van der Waals surface area contributed by atoms with Crippen molar-refractivity contribution in [3.05, 3.63) is 88.8 Å². The van der Waals surface area contributed by atoms with Crippen molar-refractivity contribution in [3.8, 4) is 17.2 Å². The van der Waals surface area contributed by atoms with Crippen LogP contribution < -0.4 is 14.2 Å². The Morgan fingerprint density at radius 2 is 1.81 bits per heavy atom. The first-order chi connectivity index (χ1) is 17.7. The van der Waals surface area contributed by atoms with Crippen LogP contribution in [0.1, 0.15) is 42.1 Å². The molecule has 0 unspecified atom stereocenters. The molecule has 1 amide bonds. The van der Waals surface area contributed by atoms with Gasteiger partial charge in [0.1, 0.15) is 11.5 Å². The maximum atomic E-state index is 13.4. The lowest BCUT2D eigenvalue weighted by Crippen LogP contribution is -2.29. The van der Waals surface area contributed by atoms with Crippen molar-refractivity contribution in [3.63, 3.8) is 0 Å². The van der Waals surface area contributed by atoms with Crippen LogP contribution in [0.25, 0.3) is 5.76 Å². The summed E-state index contributed by atoms with van der Waals surface area (Å²) in [6, 6.07) is 13.2. The van der Waals surface area contributed by atoms with Crippen molar-refractivity contribution in [1.29, 1.82) is 0 Å². The Morgan fingerprint density at radius 3 is 2.43 bits per heavy atom. The molecule has 8 heteroatoms. The predicted octanol–water partition coefficient (Wildman–Crippen LogP) is 4.82. The van der Waals surface area contributed by atoms with Crippen LogP contribution in [-0.2, 0) is 16.1 Å². The summed E-state index contributed by atoms with van der Waals surface area (Å²) in [6.45, 7) is 5.81. The Morgan fingerprint density at radius 1 is 1.05 bits per heavy atom. The lowest BCUT2D eigenvalue weighted by atomic mass is 9.93. The molecule has 1 aromatic heterocycles. The van der Waals surface area contributed by atoms with Crippen molar-refractivity contribution in [2.45, 2.75) is 39.5 Å². The lowest BCUT2D eigenvalue weighted by molar-refractivity contribution is -0.140. The number of nitrogens with zero attached hydrogens (tertiary/aromatic N) is 2. The Balaban J connectivity index is 1.87. The zero-order valence-corrected chi connectivity index (χ0v) is 21.5. The van der Waals surface area contributed by atoms with Gasteiger partial charge in [0.2, 0.25) is 0 Å². The maximum Gasteiger partial charge on any atom is 0.295 e. The molecule has 0 saturated carbocycles. The fourth-order valence-electron chi connectivity index (χ4n) is 4.49. The van der Waals surface area contributed by atoms with Crippen LogP contribution in [0.3, 0.4) is 0 Å². The van der Waals surface area contributed by atoms with Crippen molar-refractivity contribution < 1.29 is 28.9 Å². The second kappa shape index (κ2) is 10.7. The van der Waals surface area contributed by atoms with Crippen LogP contribution >= 0.6 is 0 Å². The lowest BCUT2D eigenvalue weighted by Gasteiger charge is -2.26. The Hall–Kier alpha value is -4.33. The van der Waals surface area contributed by atoms with E-state index in [2.05, 4.69) is 4.98 Å². The second-order valence-electron chi connectivity index (χ2n) is 9.05. The van der Waals surface area contributed by atoms with Crippen LogP contribution in [0, 0.1) is 6.92 Å². The van der Waals surface area contributed by atoms with Gasteiger partial charge in [-0.25, -0.2) is 0 Å². The molecule has 8 nitrogen and oxygen atoms in total. The number of hydrogen-bond acceptors (Lipinski definition) is 7. The number of benzene rings is 2. The van der Waals surface area contributed by atoms with Gasteiger partial charge in [-0.05, 0) is 73.9 Å². The van der Waals surface area contributed by atoms with Crippen LogP contribution in [-0.4, -0.2) is 47.0 Å². The summed E-state index contributed by atoms with van der Waals surface area (Å²) in [4.78, 5) is 32.3. The molecule has 1 aliphatic heterocycles. The number of ketones is 1. The monoisotopic (exact) mass is 502 g/mol. The van der Waals surface area contributed by atoms with E-state index in [0.29, 0.717) is 33.9 Å². The molecule has 0 aliphatic carbocycles. The highest BCUT2D eigenvalue weighted by molar-refractivity contribution is 6.46. The number of aliphatic hydroxyl groups is 1. The zero-order chi connectivity index (χ0) is 26.7. The Labute approximate surface area is 216 Å². The minimum atomic E-state index is -0.856. The molecule has 2 aromatic carbocycles. The third kappa shape index (κ3) is 5.14. The number of carbonyl (C=O) groups is 2. The molecule has 0 spiro atoms. The number of pyridine rings is 1. The van der Waals surface area contributed by atoms with E-state index in [1.165, 1.54) is 19.1 Å². The van der Waals surface area contributed by atoms with E-state index >= 15 is 0 Å². The average molecular weight is 503 g/mol. The third-order valence-corrected chi connectivity index (χ3v) is 6.16. The van der Waals surface area contributed by atoms with Gasteiger partial charge in [0, 0.05) is 24.5 Å². The minimum Gasteiger partial charge on any atom is -0.507 e. The average Bonchev–Trinajstić information content (AvgIpc) is 3.13. The molecular weight excluding hydrogens is 472 g/mol. The fourth-order valence-corrected chi connectivity index (χ4v) is 4.49. The summed E-state index contributed by atoms with van der Waals surface area (Å²) in [6.07, 6.45) is 3.27. The number of likely N-dealkylation sites (tertiary alicyclic amines) is 1. The Kier molecular flexibility index (Phi) is 7.47. The quantitative estimate of drug-likeness (QED) is 0.268. The number of carbonyl (C=O) groups excluding carboxylic acids is 2. The molecule has 1 aliphatic rings. The smallest absolute Gasteiger partial charge is 0.295 e. The molecular formula is C29H30N2O6. The van der Waals surface area contributed by atoms with Gasteiger partial charge in [0.05, 0.1) is 31.9 Å². The van der Waals surface area contributed by atoms with Gasteiger partial charge >= 0.3 is 0 Å². The molecule has 2 heterocycles. The molecule has 4 rings (SSSR count). The number of aryl methyl sites for hydroxylation is 1. The third-order valence-electron chi connectivity index (χ3n) is 6.16. The highest BCUT2D eigenvalue weighted by atomic mass is 16.5. The van der Waals surface area contributed by atoms with Crippen LogP contribution in [0.15, 0.2) is 66.5 Å². The van der Waals surface area contributed by atoms with Gasteiger partial charge in [-0.1, -0.05) is 12.1 Å². The van der Waals surface area contributed by atoms with Gasteiger partial charge in [-0.2, -0.15) is 0 Å². The second-order valence-corrected chi connectivity index (χ2v) is 9.05. The molecule has 0 bridgehead atoms. The van der Waals surface area contributed by atoms with E-state index in [-0.39, 0.29) is 24.0 Å². The summed E-state index contributed by atoms with van der Waals surface area (Å²) in [7, 11) is 3.04. The van der Waals surface area contributed by atoms with E-state index in [0.717, 1.165) is 5.56 Å². The number of ether oxygens (including phenoxy) is 3. The number of rotatable bonds is 8. The first-order valence-corrected chi connectivity index (χ1v) is 11.9. The van der Waals surface area contributed by atoms with Crippen molar-refractivity contribution in [2.75, 3.05) is 14.2 Å². The van der Waals surface area contributed by atoms with Gasteiger partial charge in [0.15, 0.2) is 11.5 Å². The topological polar surface area (TPSA) is 98.2 Å². The molecule has 0 radical (unpaired) electrons. The number of aromatic nitrogens is 1. The number of methoxy groups -OCH3 is 2. The van der Waals surface area contributed by atoms with E-state index in [1.54, 1.807) is 54.9 Å². The van der Waals surface area contributed by atoms with E-state index < -0.39 is 17.7 Å². The van der Waals surface area contributed by atoms with Gasteiger partial charge < -0.3 is 24.2 Å². The summed E-state index contributed by atoms with van der Waals surface area (Å²) in [5.74, 6) is -0.117. The summed E-state index contributed by atoms with van der Waals surface area (Å²) in [5.41, 5.74) is 2.50. The fraction of sp³-hybridized carbons (Fsp3) is 0.276. The van der Waals surface area contributed by atoms with Crippen molar-refractivity contribution in [2.24, 2.45) is 0 Å². The van der Waals surface area contributed by atoms with Gasteiger partial charge in [-0.15, -0.1) is 0 Å². The van der Waals surface area contributed by atoms with E-state index in [4.69, 9.17) is 14.2 Å². The molecule has 1 saturated heterocycles. The van der Waals surface area contributed by atoms with Gasteiger partial charge in [0.25, 0.3) is 11.7 Å². The van der Waals surface area contributed by atoms with E-state index in [1.807, 2.05) is 26.8 Å². The molecule has 192 valence electrons. The molecule has 37 heavy (non-hydrogen) atoms. The maximum absolute atomic E-state index is 13.4. The van der Waals surface area contributed by atoms with Crippen molar-refractivity contribution >= 4 is 17.4 Å². The minimum absolute atomic E-state index is 0.00161. The van der Waals surface area contributed by atoms with Crippen LogP contribution in [0.2, 0.25) is 0 Å². The molecule has 1 fully saturated rings. The van der Waals surface area contributed by atoms with E-state index in [9.17, 15) is 14.7 Å². The summed E-state index contributed by atoms with van der Waals surface area (Å²) in [5, 5.41) is 11.5. The Bertz CT molecular complexity index is 1350. The normalized spacial score (nSPS) is 16.8. The largest absolute Gasteiger partial charge is 0.507 e. The predicted molar refractivity (Wildman–Crippen MR) is 139 cm³/mol. The molecule has 3 aromatic rings. The zero-order valence-electron chi connectivity index (χ0n) is 21.5.